The zero-order valence-electron chi connectivity index (χ0n) is 30.6. The van der Waals surface area contributed by atoms with Crippen molar-refractivity contribution < 1.29 is 61.3 Å². The molecule has 0 saturated heterocycles. The van der Waals surface area contributed by atoms with E-state index in [0.717, 1.165) is 22.1 Å². The van der Waals surface area contributed by atoms with E-state index in [4.69, 9.17) is 61.3 Å². The molecular formula is C40H48O14. The third-order valence-electron chi connectivity index (χ3n) is 8.16. The molecule has 54 heavy (non-hydrogen) atoms. The predicted octanol–water partition coefficient (Wildman–Crippen LogP) is 4.90. The Labute approximate surface area is 313 Å². The van der Waals surface area contributed by atoms with Crippen LogP contribution >= 0.6 is 0 Å². The molecule has 2 aliphatic heterocycles. The quantitative estimate of drug-likeness (QED) is 0.225. The van der Waals surface area contributed by atoms with E-state index >= 15 is 0 Å². The topological polar surface area (TPSA) is 141 Å². The summed E-state index contributed by atoms with van der Waals surface area (Å²) in [6, 6.07) is 16.1. The monoisotopic (exact) mass is 752 g/mol. The Balaban J connectivity index is 1.31. The minimum absolute atomic E-state index is 0.124. The lowest BCUT2D eigenvalue weighted by Crippen LogP contribution is -2.15. The van der Waals surface area contributed by atoms with Crippen LogP contribution in [0.15, 0.2) is 63.8 Å². The summed E-state index contributed by atoms with van der Waals surface area (Å²) in [7, 11) is 0. The van der Waals surface area contributed by atoms with Crippen LogP contribution in [-0.4, -0.2) is 106 Å². The van der Waals surface area contributed by atoms with Gasteiger partial charge in [-0.25, -0.2) is 4.79 Å². The molecule has 0 amide bonds. The Bertz CT molecular complexity index is 1740. The summed E-state index contributed by atoms with van der Waals surface area (Å²) in [5, 5.41) is 0.720. The molecular weight excluding hydrogens is 704 g/mol. The van der Waals surface area contributed by atoms with Crippen LogP contribution in [0.3, 0.4) is 0 Å². The fourth-order valence-corrected chi connectivity index (χ4v) is 5.59. The number of aryl methyl sites for hydroxylation is 1. The third-order valence-corrected chi connectivity index (χ3v) is 8.16. The van der Waals surface area contributed by atoms with Gasteiger partial charge in [0.15, 0.2) is 11.5 Å². The number of rotatable bonds is 0. The molecule has 0 atom stereocenters. The van der Waals surface area contributed by atoms with Gasteiger partial charge in [0.05, 0.1) is 79.3 Å². The van der Waals surface area contributed by atoms with Crippen molar-refractivity contribution in [3.05, 3.63) is 81.7 Å². The first-order valence-corrected chi connectivity index (χ1v) is 18.2. The Morgan fingerprint density at radius 3 is 1.13 bits per heavy atom. The van der Waals surface area contributed by atoms with E-state index in [2.05, 4.69) is 0 Å². The van der Waals surface area contributed by atoms with Crippen LogP contribution in [0.25, 0.3) is 11.0 Å². The van der Waals surface area contributed by atoms with E-state index in [0.29, 0.717) is 146 Å². The van der Waals surface area contributed by atoms with Crippen LogP contribution in [0.5, 0.6) is 34.5 Å². The van der Waals surface area contributed by atoms with E-state index < -0.39 is 5.63 Å². The number of fused-ring (bicyclic) bond motifs is 7. The normalized spacial score (nSPS) is 18.0. The second kappa shape index (κ2) is 21.4. The molecule has 1 aromatic heterocycles. The van der Waals surface area contributed by atoms with Gasteiger partial charge in [-0.2, -0.15) is 0 Å². The van der Waals surface area contributed by atoms with Gasteiger partial charge in [-0.05, 0) is 53.9 Å². The summed E-state index contributed by atoms with van der Waals surface area (Å²) in [5.74, 6) is 3.18. The standard InChI is InChI=1S/C40H48O14/c1-29-18-40(41)54-37-26-39-38(25-36(29)37)52-27-30-19-32-23-33(20-30)49-15-11-45-7-3-43-5-9-47-13-17-51-35-22-31(28-53-39)21-34(24-35)50-16-12-46-8-4-42-2-6-44-10-14-48-32/h18-26H,2-17,27-28H2,1H3. The highest BCUT2D eigenvalue weighted by Crippen LogP contribution is 2.36. The van der Waals surface area contributed by atoms with Crippen molar-refractivity contribution in [3.63, 3.8) is 0 Å². The molecule has 0 aliphatic carbocycles. The van der Waals surface area contributed by atoms with Gasteiger partial charge in [-0.15, -0.1) is 0 Å². The Morgan fingerprint density at radius 1 is 0.389 bits per heavy atom. The lowest BCUT2D eigenvalue weighted by atomic mass is 10.1. The minimum Gasteiger partial charge on any atom is -0.491 e. The van der Waals surface area contributed by atoms with Crippen molar-refractivity contribution in [1.29, 1.82) is 0 Å². The van der Waals surface area contributed by atoms with Crippen molar-refractivity contribution in [2.75, 3.05) is 106 Å². The van der Waals surface area contributed by atoms with E-state index in [1.54, 1.807) is 6.07 Å². The molecule has 0 fully saturated rings. The van der Waals surface area contributed by atoms with Crippen molar-refractivity contribution in [2.24, 2.45) is 0 Å². The highest BCUT2D eigenvalue weighted by Gasteiger charge is 2.15. The molecule has 0 radical (unpaired) electrons. The van der Waals surface area contributed by atoms with Gasteiger partial charge in [0.2, 0.25) is 0 Å². The van der Waals surface area contributed by atoms with Crippen LogP contribution < -0.4 is 34.0 Å². The highest BCUT2D eigenvalue weighted by atomic mass is 16.6. The van der Waals surface area contributed by atoms with Crippen LogP contribution in [0, 0.1) is 6.92 Å². The van der Waals surface area contributed by atoms with Crippen molar-refractivity contribution >= 4 is 11.0 Å². The lowest BCUT2D eigenvalue weighted by molar-refractivity contribution is 0.00432. The van der Waals surface area contributed by atoms with Gasteiger partial charge < -0.3 is 61.3 Å². The van der Waals surface area contributed by atoms with Crippen LogP contribution in [0.1, 0.15) is 16.7 Å². The van der Waals surface area contributed by atoms with Crippen molar-refractivity contribution in [2.45, 2.75) is 20.1 Å². The smallest absolute Gasteiger partial charge is 0.336 e. The lowest BCUT2D eigenvalue weighted by Gasteiger charge is -2.17. The first-order valence-electron chi connectivity index (χ1n) is 18.2. The molecule has 0 unspecified atom stereocenters. The molecule has 292 valence electrons. The number of hydrogen-bond acceptors (Lipinski definition) is 14. The maximum atomic E-state index is 12.3. The van der Waals surface area contributed by atoms with Gasteiger partial charge in [-0.3, -0.25) is 0 Å². The molecule has 0 spiro atoms. The first-order chi connectivity index (χ1) is 26.6. The fourth-order valence-electron chi connectivity index (χ4n) is 5.59. The van der Waals surface area contributed by atoms with E-state index in [-0.39, 0.29) is 13.2 Å². The molecule has 2 aliphatic rings. The predicted molar refractivity (Wildman–Crippen MR) is 196 cm³/mol. The average Bonchev–Trinajstić information content (AvgIpc) is 3.16. The summed E-state index contributed by atoms with van der Waals surface area (Å²) in [6.07, 6.45) is 0. The Kier molecular flexibility index (Phi) is 15.5. The van der Waals surface area contributed by atoms with Gasteiger partial charge in [0.25, 0.3) is 0 Å². The number of hydrogen-bond donors (Lipinski definition) is 0. The molecule has 3 aromatic carbocycles. The van der Waals surface area contributed by atoms with Crippen LogP contribution in [0.4, 0.5) is 0 Å². The minimum atomic E-state index is -0.456. The summed E-state index contributed by atoms with van der Waals surface area (Å²) in [6.45, 7) is 8.29. The second-order valence-corrected chi connectivity index (χ2v) is 12.3. The average molecular weight is 753 g/mol. The van der Waals surface area contributed by atoms with Crippen LogP contribution in [0.2, 0.25) is 0 Å². The molecule has 14 heteroatoms. The highest BCUT2D eigenvalue weighted by molar-refractivity contribution is 5.83. The Hall–Kier alpha value is -4.57. The summed E-state index contributed by atoms with van der Waals surface area (Å²) in [5.41, 5.74) is 2.23. The zero-order valence-corrected chi connectivity index (χ0v) is 30.6. The van der Waals surface area contributed by atoms with E-state index in [9.17, 15) is 4.79 Å². The maximum Gasteiger partial charge on any atom is 0.336 e. The summed E-state index contributed by atoms with van der Waals surface area (Å²) >= 11 is 0. The first kappa shape index (κ1) is 39.1. The molecule has 3 heterocycles. The third kappa shape index (κ3) is 12.8. The maximum absolute atomic E-state index is 12.3. The number of benzene rings is 3. The molecule has 14 nitrogen and oxygen atoms in total. The molecule has 4 aromatic rings. The summed E-state index contributed by atoms with van der Waals surface area (Å²) in [4.78, 5) is 12.3. The molecule has 0 saturated carbocycles. The molecule has 0 N–H and O–H groups in total. The van der Waals surface area contributed by atoms with Gasteiger partial charge >= 0.3 is 5.63 Å². The Morgan fingerprint density at radius 2 is 0.741 bits per heavy atom. The van der Waals surface area contributed by atoms with Gasteiger partial charge in [-0.1, -0.05) is 0 Å². The fraction of sp³-hybridized carbons (Fsp3) is 0.475. The number of ether oxygens (including phenoxy) is 12. The van der Waals surface area contributed by atoms with Crippen LogP contribution in [-0.2, 0) is 41.6 Å². The summed E-state index contributed by atoms with van der Waals surface area (Å²) < 4.78 is 76.7. The molecule has 6 bridgehead atoms. The molecule has 6 rings (SSSR count). The largest absolute Gasteiger partial charge is 0.491 e. The van der Waals surface area contributed by atoms with Gasteiger partial charge in [0, 0.05) is 29.7 Å². The van der Waals surface area contributed by atoms with Gasteiger partial charge in [0.1, 0.15) is 68.2 Å². The zero-order chi connectivity index (χ0) is 37.2. The SMILES string of the molecule is Cc1cc(=O)oc2cc3c(cc12)OCc1cc2cc(c1)OCCOCCOCCOCCOc1cc(cc(c1)OCCOCCOCCOCCO2)CO3. The van der Waals surface area contributed by atoms with E-state index in [1.165, 1.54) is 6.07 Å². The van der Waals surface area contributed by atoms with E-state index in [1.807, 2.05) is 49.4 Å². The van der Waals surface area contributed by atoms with Crippen molar-refractivity contribution in [1.82, 2.24) is 0 Å². The van der Waals surface area contributed by atoms with Crippen molar-refractivity contribution in [3.8, 4) is 34.5 Å². The second-order valence-electron chi connectivity index (χ2n) is 12.3.